The van der Waals surface area contributed by atoms with E-state index in [9.17, 15) is 0 Å². The molecule has 1 fully saturated rings. The molecule has 1 aliphatic heterocycles. The lowest BCUT2D eigenvalue weighted by atomic mass is 10.2. The summed E-state index contributed by atoms with van der Waals surface area (Å²) in [6.45, 7) is 4.03. The van der Waals surface area contributed by atoms with Gasteiger partial charge >= 0.3 is 0 Å². The number of hydrogen-bond acceptors (Lipinski definition) is 5. The van der Waals surface area contributed by atoms with Crippen LogP contribution in [0.25, 0.3) is 11.5 Å². The summed E-state index contributed by atoms with van der Waals surface area (Å²) in [4.78, 5) is 4.72. The van der Waals surface area contributed by atoms with Gasteiger partial charge in [-0.2, -0.15) is 0 Å². The van der Waals surface area contributed by atoms with Crippen LogP contribution in [-0.2, 0) is 6.54 Å². The van der Waals surface area contributed by atoms with Crippen molar-refractivity contribution < 1.29 is 0 Å². The first kappa shape index (κ1) is 10.6. The first-order chi connectivity index (χ1) is 8.83. The maximum absolute atomic E-state index is 4.72. The van der Waals surface area contributed by atoms with Crippen molar-refractivity contribution in [3.63, 3.8) is 0 Å². The maximum Gasteiger partial charge on any atom is 0.183 e. The van der Waals surface area contributed by atoms with E-state index < -0.39 is 0 Å². The minimum absolute atomic E-state index is 0.279. The van der Waals surface area contributed by atoms with Crippen molar-refractivity contribution in [1.29, 1.82) is 0 Å². The van der Waals surface area contributed by atoms with Crippen molar-refractivity contribution in [3.8, 4) is 11.5 Å². The second kappa shape index (κ2) is 3.86. The third-order valence-corrected chi connectivity index (χ3v) is 4.64. The molecule has 6 heteroatoms. The van der Waals surface area contributed by atoms with E-state index in [1.54, 1.807) is 11.3 Å². The lowest BCUT2D eigenvalue weighted by Gasteiger charge is -2.21. The summed E-state index contributed by atoms with van der Waals surface area (Å²) in [5.74, 6) is 2.67. The average Bonchev–Trinajstić information content (AvgIpc) is 2.95. The Labute approximate surface area is 109 Å². The van der Waals surface area contributed by atoms with Gasteiger partial charge in [-0.3, -0.25) is 0 Å². The molecule has 18 heavy (non-hydrogen) atoms. The highest BCUT2D eigenvalue weighted by molar-refractivity contribution is 7.10. The van der Waals surface area contributed by atoms with E-state index in [2.05, 4.69) is 32.4 Å². The second-order valence-electron chi connectivity index (χ2n) is 5.05. The summed E-state index contributed by atoms with van der Waals surface area (Å²) in [5.41, 5.74) is 0.995. The first-order valence-corrected chi connectivity index (χ1v) is 7.33. The van der Waals surface area contributed by atoms with Crippen LogP contribution >= 0.6 is 11.3 Å². The van der Waals surface area contributed by atoms with E-state index in [1.165, 1.54) is 17.8 Å². The molecule has 1 aliphatic carbocycles. The van der Waals surface area contributed by atoms with E-state index in [1.807, 2.05) is 0 Å². The number of thiazole rings is 1. The Morgan fingerprint density at radius 3 is 3.11 bits per heavy atom. The van der Waals surface area contributed by atoms with Crippen molar-refractivity contribution in [2.24, 2.45) is 0 Å². The second-order valence-corrected chi connectivity index (χ2v) is 5.94. The van der Waals surface area contributed by atoms with Crippen LogP contribution in [0.4, 0.5) is 0 Å². The van der Waals surface area contributed by atoms with Gasteiger partial charge in [-0.15, -0.1) is 21.5 Å². The van der Waals surface area contributed by atoms with Gasteiger partial charge in [0.05, 0.1) is 11.0 Å². The van der Waals surface area contributed by atoms with Gasteiger partial charge < -0.3 is 9.88 Å². The molecule has 94 valence electrons. The Bertz CT molecular complexity index is 583. The Morgan fingerprint density at radius 1 is 1.39 bits per heavy atom. The lowest BCUT2D eigenvalue weighted by Crippen LogP contribution is -2.32. The predicted molar refractivity (Wildman–Crippen MR) is 69.5 cm³/mol. The monoisotopic (exact) mass is 261 g/mol. The van der Waals surface area contributed by atoms with Crippen molar-refractivity contribution in [2.75, 3.05) is 6.54 Å². The molecule has 0 amide bonds. The van der Waals surface area contributed by atoms with E-state index in [-0.39, 0.29) is 6.04 Å². The SMILES string of the molecule is C[C@H]1NCCn2c(-c3csc(C4CC4)n3)nnc21. The van der Waals surface area contributed by atoms with Crippen LogP contribution in [-0.4, -0.2) is 26.3 Å². The van der Waals surface area contributed by atoms with Crippen LogP contribution in [0.3, 0.4) is 0 Å². The lowest BCUT2D eigenvalue weighted by molar-refractivity contribution is 0.439. The maximum atomic E-state index is 4.72. The highest BCUT2D eigenvalue weighted by Crippen LogP contribution is 2.42. The molecular formula is C12H15N5S. The number of rotatable bonds is 2. The molecule has 0 spiro atoms. The quantitative estimate of drug-likeness (QED) is 0.897. The van der Waals surface area contributed by atoms with Crippen LogP contribution in [0.5, 0.6) is 0 Å². The smallest absolute Gasteiger partial charge is 0.183 e. The molecule has 0 saturated heterocycles. The fraction of sp³-hybridized carbons (Fsp3) is 0.583. The minimum atomic E-state index is 0.279. The molecule has 0 radical (unpaired) electrons. The van der Waals surface area contributed by atoms with Crippen LogP contribution in [0.2, 0.25) is 0 Å². The molecule has 2 aliphatic rings. The summed E-state index contributed by atoms with van der Waals surface area (Å²) < 4.78 is 2.20. The molecule has 0 aromatic carbocycles. The van der Waals surface area contributed by atoms with Gasteiger partial charge in [-0.25, -0.2) is 4.98 Å². The van der Waals surface area contributed by atoms with Crippen LogP contribution in [0, 0.1) is 0 Å². The molecule has 5 nitrogen and oxygen atoms in total. The Kier molecular flexibility index (Phi) is 2.28. The Hall–Kier alpha value is -1.27. The summed E-state index contributed by atoms with van der Waals surface area (Å²) in [7, 11) is 0. The van der Waals surface area contributed by atoms with Gasteiger partial charge in [0, 0.05) is 24.4 Å². The highest BCUT2D eigenvalue weighted by atomic mass is 32.1. The van der Waals surface area contributed by atoms with Gasteiger partial charge in [-0.05, 0) is 19.8 Å². The van der Waals surface area contributed by atoms with Gasteiger partial charge in [0.2, 0.25) is 0 Å². The molecule has 1 atom stereocenters. The van der Waals surface area contributed by atoms with E-state index in [0.29, 0.717) is 5.92 Å². The van der Waals surface area contributed by atoms with Crippen molar-refractivity contribution in [1.82, 2.24) is 25.1 Å². The fourth-order valence-electron chi connectivity index (χ4n) is 2.44. The fourth-order valence-corrected chi connectivity index (χ4v) is 3.41. The molecular weight excluding hydrogens is 246 g/mol. The third kappa shape index (κ3) is 1.59. The number of hydrogen-bond donors (Lipinski definition) is 1. The van der Waals surface area contributed by atoms with Crippen LogP contribution in [0.1, 0.15) is 42.6 Å². The molecule has 0 unspecified atom stereocenters. The van der Waals surface area contributed by atoms with Crippen LogP contribution in [0.15, 0.2) is 5.38 Å². The molecule has 1 N–H and O–H groups in total. The molecule has 2 aromatic rings. The topological polar surface area (TPSA) is 55.6 Å². The average molecular weight is 261 g/mol. The van der Waals surface area contributed by atoms with Gasteiger partial charge in [0.25, 0.3) is 0 Å². The summed E-state index contributed by atoms with van der Waals surface area (Å²) in [5, 5.41) is 15.4. The normalized spacial score (nSPS) is 23.1. The zero-order valence-corrected chi connectivity index (χ0v) is 11.1. The number of nitrogens with one attached hydrogen (secondary N) is 1. The summed E-state index contributed by atoms with van der Waals surface area (Å²) >= 11 is 1.76. The molecule has 0 bridgehead atoms. The van der Waals surface area contributed by atoms with E-state index in [4.69, 9.17) is 4.98 Å². The number of nitrogens with zero attached hydrogens (tertiary/aromatic N) is 4. The van der Waals surface area contributed by atoms with E-state index in [0.717, 1.165) is 30.4 Å². The Balaban J connectivity index is 1.75. The highest BCUT2D eigenvalue weighted by Gasteiger charge is 2.28. The minimum Gasteiger partial charge on any atom is -0.307 e. The summed E-state index contributed by atoms with van der Waals surface area (Å²) in [6, 6.07) is 0.279. The number of fused-ring (bicyclic) bond motifs is 1. The van der Waals surface area contributed by atoms with Crippen LogP contribution < -0.4 is 5.32 Å². The Morgan fingerprint density at radius 2 is 2.28 bits per heavy atom. The number of aromatic nitrogens is 4. The van der Waals surface area contributed by atoms with Crippen molar-refractivity contribution in [3.05, 3.63) is 16.2 Å². The predicted octanol–water partition coefficient (Wildman–Crippen LogP) is 1.94. The molecule has 3 heterocycles. The zero-order valence-electron chi connectivity index (χ0n) is 10.3. The molecule has 1 saturated carbocycles. The van der Waals surface area contributed by atoms with Gasteiger partial charge in [0.1, 0.15) is 11.5 Å². The van der Waals surface area contributed by atoms with Gasteiger partial charge in [-0.1, -0.05) is 0 Å². The zero-order chi connectivity index (χ0) is 12.1. The van der Waals surface area contributed by atoms with Crippen molar-refractivity contribution >= 4 is 11.3 Å². The van der Waals surface area contributed by atoms with E-state index >= 15 is 0 Å². The summed E-state index contributed by atoms with van der Waals surface area (Å²) in [6.07, 6.45) is 2.59. The third-order valence-electron chi connectivity index (χ3n) is 3.63. The molecule has 4 rings (SSSR count). The van der Waals surface area contributed by atoms with Crippen molar-refractivity contribution in [2.45, 2.75) is 38.3 Å². The standard InChI is InChI=1S/C12H15N5S/c1-7-10-15-16-11(17(10)5-4-13-7)9-6-18-12(14-9)8-2-3-8/h6-8,13H,2-5H2,1H3/t7-/m1/s1. The largest absolute Gasteiger partial charge is 0.307 e. The van der Waals surface area contributed by atoms with Gasteiger partial charge in [0.15, 0.2) is 5.82 Å². The first-order valence-electron chi connectivity index (χ1n) is 6.45. The molecule has 2 aromatic heterocycles.